The predicted molar refractivity (Wildman–Crippen MR) is 75.7 cm³/mol. The predicted octanol–water partition coefficient (Wildman–Crippen LogP) is 1.66. The van der Waals surface area contributed by atoms with Crippen molar-refractivity contribution in [3.63, 3.8) is 0 Å². The fourth-order valence-electron chi connectivity index (χ4n) is 1.99. The molecule has 0 fully saturated rings. The molecule has 0 amide bonds. The molecule has 0 saturated carbocycles. The average molecular weight is 269 g/mol. The highest BCUT2D eigenvalue weighted by molar-refractivity contribution is 5.84. The third-order valence-electron chi connectivity index (χ3n) is 3.01. The van der Waals surface area contributed by atoms with Crippen LogP contribution in [0, 0.1) is 0 Å². The summed E-state index contributed by atoms with van der Waals surface area (Å²) in [6.07, 6.45) is 1.67. The smallest absolute Gasteiger partial charge is 0.163 e. The van der Waals surface area contributed by atoms with E-state index in [9.17, 15) is 0 Å². The Morgan fingerprint density at radius 2 is 1.95 bits per heavy atom. The van der Waals surface area contributed by atoms with Gasteiger partial charge in [-0.1, -0.05) is 30.3 Å². The van der Waals surface area contributed by atoms with Crippen LogP contribution in [0.5, 0.6) is 0 Å². The number of aryl methyl sites for hydroxylation is 1. The van der Waals surface area contributed by atoms with E-state index >= 15 is 0 Å². The molecule has 0 aliphatic carbocycles. The van der Waals surface area contributed by atoms with Crippen LogP contribution in [-0.4, -0.2) is 19.7 Å². The highest BCUT2D eigenvalue weighted by Gasteiger charge is 2.09. The molecule has 0 aliphatic heterocycles. The minimum Gasteiger partial charge on any atom is -0.383 e. The Kier molecular flexibility index (Phi) is 3.30. The van der Waals surface area contributed by atoms with Crippen LogP contribution in [0.25, 0.3) is 11.0 Å². The van der Waals surface area contributed by atoms with Crippen LogP contribution in [-0.2, 0) is 25.0 Å². The molecule has 0 unspecified atom stereocenters. The van der Waals surface area contributed by atoms with Crippen LogP contribution < -0.4 is 5.73 Å². The van der Waals surface area contributed by atoms with Crippen molar-refractivity contribution in [1.82, 2.24) is 19.7 Å². The number of ether oxygens (including phenoxy) is 1. The molecule has 0 saturated heterocycles. The SMILES string of the molecule is Cn1ncc2c(N)nc(COCc3ccccc3)nc21. The van der Waals surface area contributed by atoms with Gasteiger partial charge in [-0.15, -0.1) is 0 Å². The van der Waals surface area contributed by atoms with Crippen molar-refractivity contribution in [3.8, 4) is 0 Å². The second kappa shape index (κ2) is 5.26. The summed E-state index contributed by atoms with van der Waals surface area (Å²) in [6.45, 7) is 0.841. The van der Waals surface area contributed by atoms with Crippen molar-refractivity contribution in [3.05, 3.63) is 47.9 Å². The number of anilines is 1. The van der Waals surface area contributed by atoms with Gasteiger partial charge in [0, 0.05) is 7.05 Å². The van der Waals surface area contributed by atoms with Gasteiger partial charge in [-0.3, -0.25) is 4.68 Å². The fraction of sp³-hybridized carbons (Fsp3) is 0.214. The van der Waals surface area contributed by atoms with Crippen molar-refractivity contribution >= 4 is 16.9 Å². The van der Waals surface area contributed by atoms with Crippen molar-refractivity contribution in [1.29, 1.82) is 0 Å². The zero-order valence-electron chi connectivity index (χ0n) is 11.2. The summed E-state index contributed by atoms with van der Waals surface area (Å²) in [7, 11) is 1.82. The molecule has 2 aromatic heterocycles. The van der Waals surface area contributed by atoms with Crippen molar-refractivity contribution < 1.29 is 4.74 Å². The summed E-state index contributed by atoms with van der Waals surface area (Å²) in [6, 6.07) is 9.96. The minimum absolute atomic E-state index is 0.320. The van der Waals surface area contributed by atoms with Gasteiger partial charge in [0.2, 0.25) is 0 Å². The van der Waals surface area contributed by atoms with E-state index in [4.69, 9.17) is 10.5 Å². The maximum Gasteiger partial charge on any atom is 0.163 e. The second-order valence-corrected chi connectivity index (χ2v) is 4.51. The van der Waals surface area contributed by atoms with Crippen LogP contribution in [0.3, 0.4) is 0 Å². The van der Waals surface area contributed by atoms with Crippen molar-refractivity contribution in [2.45, 2.75) is 13.2 Å². The number of rotatable bonds is 4. The Morgan fingerprint density at radius 1 is 1.15 bits per heavy atom. The van der Waals surface area contributed by atoms with Crippen LogP contribution in [0.1, 0.15) is 11.4 Å². The third kappa shape index (κ3) is 2.46. The third-order valence-corrected chi connectivity index (χ3v) is 3.01. The lowest BCUT2D eigenvalue weighted by molar-refractivity contribution is 0.102. The largest absolute Gasteiger partial charge is 0.383 e. The summed E-state index contributed by atoms with van der Waals surface area (Å²) >= 11 is 0. The zero-order valence-corrected chi connectivity index (χ0v) is 11.2. The molecule has 3 rings (SSSR count). The number of nitrogens with two attached hydrogens (primary N) is 1. The van der Waals surface area contributed by atoms with E-state index in [0.29, 0.717) is 24.9 Å². The Morgan fingerprint density at radius 3 is 2.75 bits per heavy atom. The maximum atomic E-state index is 5.89. The molecule has 6 heteroatoms. The molecule has 102 valence electrons. The van der Waals surface area contributed by atoms with Crippen LogP contribution >= 0.6 is 0 Å². The lowest BCUT2D eigenvalue weighted by Crippen LogP contribution is -2.04. The molecule has 0 atom stereocenters. The number of hydrogen-bond acceptors (Lipinski definition) is 5. The zero-order chi connectivity index (χ0) is 13.9. The summed E-state index contributed by atoms with van der Waals surface area (Å²) in [5, 5.41) is 4.88. The standard InChI is InChI=1S/C14H15N5O/c1-19-14-11(7-16-19)13(15)17-12(18-14)9-20-8-10-5-3-2-4-6-10/h2-7H,8-9H2,1H3,(H2,15,17,18). The Balaban J connectivity index is 1.73. The average Bonchev–Trinajstić information content (AvgIpc) is 2.82. The number of aromatic nitrogens is 4. The van der Waals surface area contributed by atoms with Gasteiger partial charge in [0.1, 0.15) is 12.4 Å². The fourth-order valence-corrected chi connectivity index (χ4v) is 1.99. The van der Waals surface area contributed by atoms with Gasteiger partial charge < -0.3 is 10.5 Å². The maximum absolute atomic E-state index is 5.89. The molecule has 0 spiro atoms. The van der Waals surface area contributed by atoms with E-state index in [1.54, 1.807) is 10.9 Å². The highest BCUT2D eigenvalue weighted by Crippen LogP contribution is 2.16. The van der Waals surface area contributed by atoms with Gasteiger partial charge in [-0.2, -0.15) is 5.10 Å². The van der Waals surface area contributed by atoms with Crippen LogP contribution in [0.15, 0.2) is 36.5 Å². The molecule has 0 radical (unpaired) electrons. The summed E-state index contributed by atoms with van der Waals surface area (Å²) in [5.41, 5.74) is 7.72. The minimum atomic E-state index is 0.320. The second-order valence-electron chi connectivity index (χ2n) is 4.51. The molecule has 0 bridgehead atoms. The summed E-state index contributed by atoms with van der Waals surface area (Å²) < 4.78 is 7.29. The van der Waals surface area contributed by atoms with Crippen LogP contribution in [0.4, 0.5) is 5.82 Å². The Hall–Kier alpha value is -2.47. The van der Waals surface area contributed by atoms with E-state index in [1.165, 1.54) is 0 Å². The lowest BCUT2D eigenvalue weighted by atomic mass is 10.2. The molecule has 6 nitrogen and oxygen atoms in total. The molecular weight excluding hydrogens is 254 g/mol. The van der Waals surface area contributed by atoms with Gasteiger partial charge in [-0.05, 0) is 5.56 Å². The molecule has 0 aliphatic rings. The highest BCUT2D eigenvalue weighted by atomic mass is 16.5. The van der Waals surface area contributed by atoms with Gasteiger partial charge in [0.05, 0.1) is 18.2 Å². The topological polar surface area (TPSA) is 78.9 Å². The van der Waals surface area contributed by atoms with E-state index in [2.05, 4.69) is 15.1 Å². The molecule has 20 heavy (non-hydrogen) atoms. The van der Waals surface area contributed by atoms with E-state index in [-0.39, 0.29) is 0 Å². The molecule has 2 heterocycles. The Bertz CT molecular complexity index is 723. The summed E-state index contributed by atoms with van der Waals surface area (Å²) in [5.74, 6) is 0.996. The number of hydrogen-bond donors (Lipinski definition) is 1. The van der Waals surface area contributed by atoms with Gasteiger partial charge in [0.15, 0.2) is 11.5 Å². The Labute approximate surface area is 116 Å². The monoisotopic (exact) mass is 269 g/mol. The van der Waals surface area contributed by atoms with Crippen molar-refractivity contribution in [2.75, 3.05) is 5.73 Å². The summed E-state index contributed by atoms with van der Waals surface area (Å²) in [4.78, 5) is 8.65. The van der Waals surface area contributed by atoms with E-state index in [0.717, 1.165) is 16.6 Å². The molecular formula is C14H15N5O. The quantitative estimate of drug-likeness (QED) is 0.779. The van der Waals surface area contributed by atoms with Crippen molar-refractivity contribution in [2.24, 2.45) is 7.05 Å². The first-order valence-corrected chi connectivity index (χ1v) is 6.30. The first kappa shape index (κ1) is 12.6. The van der Waals surface area contributed by atoms with Crippen LogP contribution in [0.2, 0.25) is 0 Å². The van der Waals surface area contributed by atoms with E-state index in [1.807, 2.05) is 37.4 Å². The lowest BCUT2D eigenvalue weighted by Gasteiger charge is -2.05. The molecule has 3 aromatic rings. The normalized spacial score (nSPS) is 11.1. The first-order chi connectivity index (χ1) is 9.74. The number of fused-ring (bicyclic) bond motifs is 1. The number of nitrogen functional groups attached to an aromatic ring is 1. The van der Waals surface area contributed by atoms with E-state index < -0.39 is 0 Å². The number of benzene rings is 1. The first-order valence-electron chi connectivity index (χ1n) is 6.30. The van der Waals surface area contributed by atoms with Gasteiger partial charge in [-0.25, -0.2) is 9.97 Å². The van der Waals surface area contributed by atoms with Gasteiger partial charge >= 0.3 is 0 Å². The number of nitrogens with zero attached hydrogens (tertiary/aromatic N) is 4. The van der Waals surface area contributed by atoms with Gasteiger partial charge in [0.25, 0.3) is 0 Å². The molecule has 1 aromatic carbocycles. The molecule has 2 N–H and O–H groups in total.